The fourth-order valence-corrected chi connectivity index (χ4v) is 2.32. The van der Waals surface area contributed by atoms with Crippen molar-refractivity contribution in [1.29, 1.82) is 0 Å². The number of nitrogens with one attached hydrogen (secondary N) is 1. The van der Waals surface area contributed by atoms with E-state index < -0.39 is 11.4 Å². The number of phenols is 1. The van der Waals surface area contributed by atoms with Gasteiger partial charge in [-0.15, -0.1) is 0 Å². The lowest BCUT2D eigenvalue weighted by atomic mass is 9.94. The number of benzene rings is 1. The molecule has 1 rings (SSSR count). The summed E-state index contributed by atoms with van der Waals surface area (Å²) in [5.74, 6) is -0.116. The van der Waals surface area contributed by atoms with Crippen molar-refractivity contribution < 1.29 is 14.6 Å². The van der Waals surface area contributed by atoms with Crippen LogP contribution in [-0.2, 0) is 0 Å². The van der Waals surface area contributed by atoms with Crippen molar-refractivity contribution in [3.8, 4) is 5.75 Å². The highest BCUT2D eigenvalue weighted by Gasteiger charge is 2.23. The lowest BCUT2D eigenvalue weighted by Crippen LogP contribution is -2.39. The molecule has 1 aromatic rings. The predicted octanol–water partition coefficient (Wildman–Crippen LogP) is 2.98. The molecule has 0 aliphatic carbocycles. The van der Waals surface area contributed by atoms with Gasteiger partial charge < -0.3 is 15.5 Å². The molecule has 1 aromatic carbocycles. The molecule has 2 unspecified atom stereocenters. The zero-order chi connectivity index (χ0) is 14.6. The molecule has 2 atom stereocenters. The Hall–Kier alpha value is -1.13. The van der Waals surface area contributed by atoms with Gasteiger partial charge in [-0.05, 0) is 32.3 Å². The zero-order valence-corrected chi connectivity index (χ0v) is 12.1. The predicted molar refractivity (Wildman–Crippen MR) is 74.6 cm³/mol. The average molecular weight is 269 g/mol. The van der Waals surface area contributed by atoms with Crippen LogP contribution in [0.5, 0.6) is 5.75 Å². The van der Waals surface area contributed by atoms with Gasteiger partial charge in [0, 0.05) is 24.2 Å². The van der Waals surface area contributed by atoms with Gasteiger partial charge in [-0.1, -0.05) is 19.9 Å². The van der Waals surface area contributed by atoms with Crippen LogP contribution in [0.4, 0.5) is 4.39 Å². The molecule has 0 amide bonds. The van der Waals surface area contributed by atoms with Crippen LogP contribution < -0.4 is 5.32 Å². The van der Waals surface area contributed by atoms with Crippen molar-refractivity contribution in [2.24, 2.45) is 5.92 Å². The largest absolute Gasteiger partial charge is 0.508 e. The van der Waals surface area contributed by atoms with E-state index in [0.29, 0.717) is 24.4 Å². The maximum absolute atomic E-state index is 12.9. The van der Waals surface area contributed by atoms with Crippen LogP contribution in [0, 0.1) is 11.7 Å². The lowest BCUT2D eigenvalue weighted by molar-refractivity contribution is 0.0363. The Morgan fingerprint density at radius 2 is 1.95 bits per heavy atom. The number of hydrogen-bond acceptors (Lipinski definition) is 3. The third kappa shape index (κ3) is 5.17. The fraction of sp³-hybridized carbons (Fsp3) is 0.600. The summed E-state index contributed by atoms with van der Waals surface area (Å²) < 4.78 is 12.9. The van der Waals surface area contributed by atoms with Gasteiger partial charge in [0.1, 0.15) is 11.6 Å². The fourth-order valence-electron chi connectivity index (χ4n) is 2.32. The molecular formula is C15H24FNO2. The normalized spacial score (nSPS) is 16.4. The monoisotopic (exact) mass is 269 g/mol. The Bertz CT molecular complexity index is 419. The van der Waals surface area contributed by atoms with Crippen molar-refractivity contribution in [3.05, 3.63) is 29.6 Å². The van der Waals surface area contributed by atoms with Crippen molar-refractivity contribution in [1.82, 2.24) is 5.32 Å². The Morgan fingerprint density at radius 3 is 2.47 bits per heavy atom. The van der Waals surface area contributed by atoms with E-state index in [1.54, 1.807) is 13.0 Å². The van der Waals surface area contributed by atoms with Crippen LogP contribution in [0.3, 0.4) is 0 Å². The average Bonchev–Trinajstić information content (AvgIpc) is 2.24. The van der Waals surface area contributed by atoms with Gasteiger partial charge in [0.05, 0.1) is 5.60 Å². The first-order valence-electron chi connectivity index (χ1n) is 6.65. The smallest absolute Gasteiger partial charge is 0.126 e. The number of hydrogen-bond donors (Lipinski definition) is 3. The summed E-state index contributed by atoms with van der Waals surface area (Å²) in [5, 5.41) is 23.1. The summed E-state index contributed by atoms with van der Waals surface area (Å²) in [5.41, 5.74) is -0.167. The summed E-state index contributed by atoms with van der Waals surface area (Å²) in [6.45, 7) is 8.20. The van der Waals surface area contributed by atoms with Crippen molar-refractivity contribution >= 4 is 0 Å². The standard InChI is InChI=1S/C15H24FNO2/c1-10(2)8-15(4,19)9-17-11(3)13-6-5-12(16)7-14(13)18/h5-7,10-11,17-19H,8-9H2,1-4H3. The first-order chi connectivity index (χ1) is 8.71. The second-order valence-electron chi connectivity index (χ2n) is 5.90. The van der Waals surface area contributed by atoms with E-state index >= 15 is 0 Å². The maximum atomic E-state index is 12.9. The second-order valence-corrected chi connectivity index (χ2v) is 5.90. The summed E-state index contributed by atoms with van der Waals surface area (Å²) in [6.07, 6.45) is 0.697. The van der Waals surface area contributed by atoms with Crippen LogP contribution in [0.1, 0.15) is 45.7 Å². The molecule has 3 nitrogen and oxygen atoms in total. The van der Waals surface area contributed by atoms with Crippen LogP contribution in [0.25, 0.3) is 0 Å². The number of rotatable bonds is 6. The third-order valence-electron chi connectivity index (χ3n) is 3.10. The molecule has 0 radical (unpaired) electrons. The summed E-state index contributed by atoms with van der Waals surface area (Å²) in [4.78, 5) is 0. The SMILES string of the molecule is CC(C)CC(C)(O)CNC(C)c1ccc(F)cc1O. The molecule has 0 aliphatic rings. The molecule has 0 aliphatic heterocycles. The Morgan fingerprint density at radius 1 is 1.32 bits per heavy atom. The molecule has 0 fully saturated rings. The molecule has 3 N–H and O–H groups in total. The van der Waals surface area contributed by atoms with E-state index in [1.165, 1.54) is 6.07 Å². The number of phenolic OH excluding ortho intramolecular Hbond substituents is 1. The Balaban J connectivity index is 2.62. The number of aliphatic hydroxyl groups is 1. The molecule has 19 heavy (non-hydrogen) atoms. The Kier molecular flexibility index (Phi) is 5.32. The second kappa shape index (κ2) is 6.35. The van der Waals surface area contributed by atoms with Gasteiger partial charge in [0.15, 0.2) is 0 Å². The molecule has 0 saturated carbocycles. The van der Waals surface area contributed by atoms with E-state index in [-0.39, 0.29) is 11.8 Å². The van der Waals surface area contributed by atoms with Gasteiger partial charge in [-0.3, -0.25) is 0 Å². The van der Waals surface area contributed by atoms with E-state index in [0.717, 1.165) is 6.07 Å². The van der Waals surface area contributed by atoms with Crippen molar-refractivity contribution in [2.45, 2.75) is 45.8 Å². The van der Waals surface area contributed by atoms with Crippen molar-refractivity contribution in [2.75, 3.05) is 6.54 Å². The van der Waals surface area contributed by atoms with Gasteiger partial charge in [-0.2, -0.15) is 0 Å². The molecule has 0 heterocycles. The summed E-state index contributed by atoms with van der Waals surface area (Å²) in [7, 11) is 0. The molecule has 4 heteroatoms. The minimum atomic E-state index is -0.794. The molecule has 0 saturated heterocycles. The van der Waals surface area contributed by atoms with Crippen molar-refractivity contribution in [3.63, 3.8) is 0 Å². The first kappa shape index (κ1) is 15.9. The van der Waals surface area contributed by atoms with E-state index in [1.807, 2.05) is 6.92 Å². The Labute approximate surface area is 114 Å². The van der Waals surface area contributed by atoms with E-state index in [2.05, 4.69) is 19.2 Å². The third-order valence-corrected chi connectivity index (χ3v) is 3.10. The van der Waals surface area contributed by atoms with E-state index in [4.69, 9.17) is 0 Å². The zero-order valence-electron chi connectivity index (χ0n) is 12.1. The van der Waals surface area contributed by atoms with Gasteiger partial charge in [0.25, 0.3) is 0 Å². The number of halogens is 1. The van der Waals surface area contributed by atoms with Gasteiger partial charge in [-0.25, -0.2) is 4.39 Å². The highest BCUT2D eigenvalue weighted by molar-refractivity contribution is 5.34. The minimum Gasteiger partial charge on any atom is -0.508 e. The highest BCUT2D eigenvalue weighted by atomic mass is 19.1. The molecule has 108 valence electrons. The maximum Gasteiger partial charge on any atom is 0.126 e. The molecular weight excluding hydrogens is 245 g/mol. The van der Waals surface area contributed by atoms with Crippen LogP contribution >= 0.6 is 0 Å². The topological polar surface area (TPSA) is 52.5 Å². The van der Waals surface area contributed by atoms with Crippen LogP contribution in [0.2, 0.25) is 0 Å². The highest BCUT2D eigenvalue weighted by Crippen LogP contribution is 2.25. The molecule has 0 aromatic heterocycles. The lowest BCUT2D eigenvalue weighted by Gasteiger charge is -2.28. The first-order valence-corrected chi connectivity index (χ1v) is 6.65. The van der Waals surface area contributed by atoms with Gasteiger partial charge in [0.2, 0.25) is 0 Å². The summed E-state index contributed by atoms with van der Waals surface area (Å²) in [6, 6.07) is 3.82. The minimum absolute atomic E-state index is 0.0662. The number of aromatic hydroxyl groups is 1. The summed E-state index contributed by atoms with van der Waals surface area (Å²) >= 11 is 0. The van der Waals surface area contributed by atoms with Gasteiger partial charge >= 0.3 is 0 Å². The van der Waals surface area contributed by atoms with Crippen LogP contribution in [0.15, 0.2) is 18.2 Å². The molecule has 0 spiro atoms. The molecule has 0 bridgehead atoms. The quantitative estimate of drug-likeness (QED) is 0.744. The van der Waals surface area contributed by atoms with Crippen LogP contribution in [-0.4, -0.2) is 22.4 Å². The van der Waals surface area contributed by atoms with E-state index in [9.17, 15) is 14.6 Å².